The zero-order valence-electron chi connectivity index (χ0n) is 11.1. The van der Waals surface area contributed by atoms with Crippen LogP contribution in [0, 0.1) is 11.7 Å². The minimum atomic E-state index is -0.260. The number of nitrogen functional groups attached to an aromatic ring is 1. The number of rotatable bonds is 3. The Kier molecular flexibility index (Phi) is 3.40. The number of aromatic nitrogens is 2. The van der Waals surface area contributed by atoms with Gasteiger partial charge in [-0.2, -0.15) is 0 Å². The molecule has 0 amide bonds. The van der Waals surface area contributed by atoms with Crippen LogP contribution >= 0.6 is 0 Å². The second-order valence-corrected chi connectivity index (χ2v) is 5.55. The van der Waals surface area contributed by atoms with Crippen molar-refractivity contribution < 1.29 is 4.39 Å². The first-order chi connectivity index (χ1) is 9.24. The van der Waals surface area contributed by atoms with E-state index in [4.69, 9.17) is 5.73 Å². The molecule has 1 saturated carbocycles. The third-order valence-electron chi connectivity index (χ3n) is 4.23. The zero-order valence-corrected chi connectivity index (χ0v) is 11.1. The fourth-order valence-corrected chi connectivity index (χ4v) is 3.14. The zero-order chi connectivity index (χ0) is 13.2. The average Bonchev–Trinajstić information content (AvgIpc) is 2.72. The molecule has 0 aliphatic heterocycles. The summed E-state index contributed by atoms with van der Waals surface area (Å²) in [5.74, 6) is 1.05. The molecule has 0 saturated heterocycles. The fourth-order valence-electron chi connectivity index (χ4n) is 3.14. The summed E-state index contributed by atoms with van der Waals surface area (Å²) >= 11 is 0. The molecule has 4 heteroatoms. The maximum absolute atomic E-state index is 13.2. The van der Waals surface area contributed by atoms with Gasteiger partial charge in [-0.15, -0.1) is 0 Å². The SMILES string of the molecule is Nc1nc2cc(F)ccc2n1CCC1CCCCC1. The third-order valence-corrected chi connectivity index (χ3v) is 4.23. The van der Waals surface area contributed by atoms with Crippen LogP contribution in [0.2, 0.25) is 0 Å². The average molecular weight is 261 g/mol. The molecule has 1 heterocycles. The Morgan fingerprint density at radius 3 is 2.84 bits per heavy atom. The van der Waals surface area contributed by atoms with E-state index in [1.54, 1.807) is 6.07 Å². The number of halogens is 1. The highest BCUT2D eigenvalue weighted by molar-refractivity contribution is 5.78. The molecule has 1 aliphatic carbocycles. The maximum Gasteiger partial charge on any atom is 0.201 e. The van der Waals surface area contributed by atoms with Gasteiger partial charge in [0.05, 0.1) is 11.0 Å². The Morgan fingerprint density at radius 1 is 1.26 bits per heavy atom. The first-order valence-electron chi connectivity index (χ1n) is 7.15. The van der Waals surface area contributed by atoms with E-state index in [9.17, 15) is 4.39 Å². The van der Waals surface area contributed by atoms with E-state index in [0.29, 0.717) is 11.5 Å². The summed E-state index contributed by atoms with van der Waals surface area (Å²) < 4.78 is 15.2. The van der Waals surface area contributed by atoms with Crippen molar-refractivity contribution >= 4 is 17.0 Å². The lowest BCUT2D eigenvalue weighted by Gasteiger charge is -2.21. The molecule has 1 fully saturated rings. The number of fused-ring (bicyclic) bond motifs is 1. The van der Waals surface area contributed by atoms with Gasteiger partial charge >= 0.3 is 0 Å². The van der Waals surface area contributed by atoms with Crippen molar-refractivity contribution in [3.05, 3.63) is 24.0 Å². The molecule has 102 valence electrons. The Labute approximate surface area is 112 Å². The van der Waals surface area contributed by atoms with Crippen LogP contribution in [0.5, 0.6) is 0 Å². The highest BCUT2D eigenvalue weighted by Crippen LogP contribution is 2.28. The molecule has 1 aromatic carbocycles. The van der Waals surface area contributed by atoms with Gasteiger partial charge in [-0.1, -0.05) is 32.1 Å². The Hall–Kier alpha value is -1.58. The van der Waals surface area contributed by atoms with Gasteiger partial charge in [0.1, 0.15) is 5.82 Å². The van der Waals surface area contributed by atoms with Gasteiger partial charge < -0.3 is 10.3 Å². The molecule has 0 bridgehead atoms. The maximum atomic E-state index is 13.2. The first-order valence-corrected chi connectivity index (χ1v) is 7.15. The molecule has 0 unspecified atom stereocenters. The van der Waals surface area contributed by atoms with Crippen LogP contribution in [0.3, 0.4) is 0 Å². The third kappa shape index (κ3) is 2.57. The van der Waals surface area contributed by atoms with Crippen molar-refractivity contribution in [1.82, 2.24) is 9.55 Å². The monoisotopic (exact) mass is 261 g/mol. The van der Waals surface area contributed by atoms with Gasteiger partial charge in [0.2, 0.25) is 5.95 Å². The van der Waals surface area contributed by atoms with Gasteiger partial charge in [-0.25, -0.2) is 9.37 Å². The molecule has 2 N–H and O–H groups in total. The predicted molar refractivity (Wildman–Crippen MR) is 75.3 cm³/mol. The van der Waals surface area contributed by atoms with Crippen LogP contribution in [-0.2, 0) is 6.54 Å². The van der Waals surface area contributed by atoms with E-state index >= 15 is 0 Å². The largest absolute Gasteiger partial charge is 0.369 e. The smallest absolute Gasteiger partial charge is 0.201 e. The van der Waals surface area contributed by atoms with Crippen LogP contribution in [0.25, 0.3) is 11.0 Å². The van der Waals surface area contributed by atoms with E-state index in [0.717, 1.165) is 24.4 Å². The van der Waals surface area contributed by atoms with Crippen LogP contribution < -0.4 is 5.73 Å². The molecule has 3 rings (SSSR count). The summed E-state index contributed by atoms with van der Waals surface area (Å²) in [6.45, 7) is 0.888. The highest BCUT2D eigenvalue weighted by atomic mass is 19.1. The van der Waals surface area contributed by atoms with E-state index in [2.05, 4.69) is 4.98 Å². The summed E-state index contributed by atoms with van der Waals surface area (Å²) in [4.78, 5) is 4.24. The number of nitrogens with two attached hydrogens (primary N) is 1. The molecule has 3 nitrogen and oxygen atoms in total. The molecule has 2 aromatic rings. The fraction of sp³-hybridized carbons (Fsp3) is 0.533. The van der Waals surface area contributed by atoms with E-state index in [-0.39, 0.29) is 5.82 Å². The minimum Gasteiger partial charge on any atom is -0.369 e. The lowest BCUT2D eigenvalue weighted by atomic mass is 9.87. The number of nitrogens with zero attached hydrogens (tertiary/aromatic N) is 2. The topological polar surface area (TPSA) is 43.8 Å². The lowest BCUT2D eigenvalue weighted by Crippen LogP contribution is -2.11. The minimum absolute atomic E-state index is 0.260. The quantitative estimate of drug-likeness (QED) is 0.915. The molecule has 1 aromatic heterocycles. The van der Waals surface area contributed by atoms with Crippen molar-refractivity contribution in [2.75, 3.05) is 5.73 Å². The van der Waals surface area contributed by atoms with Crippen molar-refractivity contribution in [2.45, 2.75) is 45.1 Å². The summed E-state index contributed by atoms with van der Waals surface area (Å²) in [5.41, 5.74) is 7.54. The first kappa shape index (κ1) is 12.5. The van der Waals surface area contributed by atoms with Crippen LogP contribution in [-0.4, -0.2) is 9.55 Å². The molecular weight excluding hydrogens is 241 g/mol. The van der Waals surface area contributed by atoms with E-state index < -0.39 is 0 Å². The van der Waals surface area contributed by atoms with Gasteiger partial charge in [-0.05, 0) is 24.5 Å². The Bertz CT molecular complexity index is 570. The number of hydrogen-bond donors (Lipinski definition) is 1. The normalized spacial score (nSPS) is 17.1. The van der Waals surface area contributed by atoms with Crippen LogP contribution in [0.15, 0.2) is 18.2 Å². The standard InChI is InChI=1S/C15H20FN3/c16-12-6-7-14-13(10-12)18-15(17)19(14)9-8-11-4-2-1-3-5-11/h6-7,10-11H,1-5,8-9H2,(H2,17,18). The van der Waals surface area contributed by atoms with Gasteiger partial charge in [0.25, 0.3) is 0 Å². The number of anilines is 1. The van der Waals surface area contributed by atoms with Crippen LogP contribution in [0.1, 0.15) is 38.5 Å². The molecule has 0 radical (unpaired) electrons. The number of benzene rings is 1. The summed E-state index contributed by atoms with van der Waals surface area (Å²) in [6, 6.07) is 4.69. The number of imidazole rings is 1. The molecule has 1 aliphatic rings. The van der Waals surface area contributed by atoms with E-state index in [1.165, 1.54) is 44.2 Å². The Balaban J connectivity index is 1.78. The van der Waals surface area contributed by atoms with Gasteiger partial charge in [0, 0.05) is 12.6 Å². The number of aryl methyl sites for hydroxylation is 1. The van der Waals surface area contributed by atoms with Crippen molar-refractivity contribution in [3.8, 4) is 0 Å². The molecule has 0 atom stereocenters. The van der Waals surface area contributed by atoms with Gasteiger partial charge in [-0.3, -0.25) is 0 Å². The molecular formula is C15H20FN3. The molecule has 0 spiro atoms. The van der Waals surface area contributed by atoms with Crippen molar-refractivity contribution in [1.29, 1.82) is 0 Å². The van der Waals surface area contributed by atoms with Crippen molar-refractivity contribution in [3.63, 3.8) is 0 Å². The highest BCUT2D eigenvalue weighted by Gasteiger charge is 2.15. The lowest BCUT2D eigenvalue weighted by molar-refractivity contribution is 0.326. The van der Waals surface area contributed by atoms with Crippen LogP contribution in [0.4, 0.5) is 10.3 Å². The second-order valence-electron chi connectivity index (χ2n) is 5.55. The summed E-state index contributed by atoms with van der Waals surface area (Å²) in [7, 11) is 0. The predicted octanol–water partition coefficient (Wildman–Crippen LogP) is 3.73. The van der Waals surface area contributed by atoms with E-state index in [1.807, 2.05) is 4.57 Å². The van der Waals surface area contributed by atoms with Crippen molar-refractivity contribution in [2.24, 2.45) is 5.92 Å². The summed E-state index contributed by atoms with van der Waals surface area (Å²) in [6.07, 6.45) is 7.91. The molecule has 19 heavy (non-hydrogen) atoms. The second kappa shape index (κ2) is 5.19. The summed E-state index contributed by atoms with van der Waals surface area (Å²) in [5, 5.41) is 0. The van der Waals surface area contributed by atoms with Gasteiger partial charge in [0.15, 0.2) is 0 Å². The Morgan fingerprint density at radius 2 is 2.05 bits per heavy atom. The number of hydrogen-bond acceptors (Lipinski definition) is 2.